The summed E-state index contributed by atoms with van der Waals surface area (Å²) in [6.45, 7) is 13.6. The van der Waals surface area contributed by atoms with Crippen molar-refractivity contribution in [2.45, 2.75) is 53.8 Å². The van der Waals surface area contributed by atoms with Crippen molar-refractivity contribution in [2.75, 3.05) is 0 Å². The van der Waals surface area contributed by atoms with Crippen molar-refractivity contribution in [3.63, 3.8) is 0 Å². The van der Waals surface area contributed by atoms with E-state index in [0.717, 1.165) is 0 Å². The molecule has 2 aromatic rings. The predicted octanol–water partition coefficient (Wildman–Crippen LogP) is 6.04. The van der Waals surface area contributed by atoms with Gasteiger partial charge in [-0.05, 0) is 44.9 Å². The fraction of sp³-hybridized carbons (Fsp3) is 0.500. The summed E-state index contributed by atoms with van der Waals surface area (Å²) in [5.41, 5.74) is 2.97. The van der Waals surface area contributed by atoms with Crippen LogP contribution >= 0.6 is 0 Å². The second-order valence-corrected chi connectivity index (χ2v) is 8.46. The van der Waals surface area contributed by atoms with Crippen molar-refractivity contribution in [1.29, 1.82) is 0 Å². The summed E-state index contributed by atoms with van der Waals surface area (Å²) in [4.78, 5) is 0. The summed E-state index contributed by atoms with van der Waals surface area (Å²) in [6, 6.07) is 13.3. The summed E-state index contributed by atoms with van der Waals surface area (Å²) in [5, 5.41) is 2.62. The van der Waals surface area contributed by atoms with Crippen LogP contribution in [0.25, 0.3) is 10.8 Å². The molecule has 1 aliphatic heterocycles. The van der Waals surface area contributed by atoms with Crippen LogP contribution in [0.2, 0.25) is 0 Å². The van der Waals surface area contributed by atoms with Gasteiger partial charge in [-0.25, -0.2) is 0 Å². The molecule has 112 valence electrons. The molecule has 0 bridgehead atoms. The molecule has 21 heavy (non-hydrogen) atoms. The molecule has 0 radical (unpaired) electrons. The van der Waals surface area contributed by atoms with Gasteiger partial charge < -0.3 is 4.74 Å². The zero-order valence-electron chi connectivity index (χ0n) is 14.0. The molecular formula is C20H26O. The first-order valence-electron chi connectivity index (χ1n) is 7.86. The summed E-state index contributed by atoms with van der Waals surface area (Å²) < 4.78 is 6.53. The van der Waals surface area contributed by atoms with Crippen LogP contribution in [0.4, 0.5) is 0 Å². The first kappa shape index (κ1) is 14.6. The van der Waals surface area contributed by atoms with Gasteiger partial charge in [0.25, 0.3) is 0 Å². The highest BCUT2D eigenvalue weighted by Gasteiger charge is 2.43. The molecule has 1 nitrogen and oxygen atoms in total. The molecule has 1 heteroatoms. The van der Waals surface area contributed by atoms with Gasteiger partial charge in [0.1, 0.15) is 0 Å². The van der Waals surface area contributed by atoms with E-state index in [1.54, 1.807) is 0 Å². The maximum atomic E-state index is 6.53. The highest BCUT2D eigenvalue weighted by molar-refractivity contribution is 5.84. The van der Waals surface area contributed by atoms with E-state index in [9.17, 15) is 0 Å². The van der Waals surface area contributed by atoms with Gasteiger partial charge >= 0.3 is 0 Å². The minimum atomic E-state index is 0.108. The van der Waals surface area contributed by atoms with Crippen molar-refractivity contribution in [3.05, 3.63) is 47.5 Å². The van der Waals surface area contributed by atoms with Gasteiger partial charge in [-0.1, -0.05) is 65.8 Å². The standard InChI is InChI=1S/C20H26O/c1-19(2,3)17-15-11-13-9-7-8-10-14(13)12-16(15)18(21-17)20(4,5)6/h7-12,17-18H,1-6H3. The summed E-state index contributed by atoms with van der Waals surface area (Å²) in [5.74, 6) is 0. The Bertz CT molecular complexity index is 612. The molecule has 0 aromatic heterocycles. The van der Waals surface area contributed by atoms with Gasteiger partial charge in [-0.2, -0.15) is 0 Å². The van der Waals surface area contributed by atoms with Gasteiger partial charge in [0.2, 0.25) is 0 Å². The molecule has 0 fully saturated rings. The van der Waals surface area contributed by atoms with Crippen molar-refractivity contribution in [2.24, 2.45) is 10.8 Å². The zero-order chi connectivity index (χ0) is 15.4. The highest BCUT2D eigenvalue weighted by atomic mass is 16.5. The smallest absolute Gasteiger partial charge is 0.0885 e. The molecule has 0 saturated carbocycles. The number of hydrogen-bond acceptors (Lipinski definition) is 1. The van der Waals surface area contributed by atoms with Crippen LogP contribution < -0.4 is 0 Å². The Labute approximate surface area is 128 Å². The lowest BCUT2D eigenvalue weighted by atomic mass is 9.80. The number of ether oxygens (including phenoxy) is 1. The molecule has 0 N–H and O–H groups in total. The maximum Gasteiger partial charge on any atom is 0.0885 e. The van der Waals surface area contributed by atoms with E-state index < -0.39 is 0 Å². The largest absolute Gasteiger partial charge is 0.364 e. The van der Waals surface area contributed by atoms with E-state index >= 15 is 0 Å². The third-order valence-electron chi connectivity index (χ3n) is 4.36. The molecular weight excluding hydrogens is 256 g/mol. The van der Waals surface area contributed by atoms with Crippen molar-refractivity contribution < 1.29 is 4.74 Å². The monoisotopic (exact) mass is 282 g/mol. The summed E-state index contributed by atoms with van der Waals surface area (Å²) >= 11 is 0. The van der Waals surface area contributed by atoms with Gasteiger partial charge in [-0.15, -0.1) is 0 Å². The predicted molar refractivity (Wildman–Crippen MR) is 89.4 cm³/mol. The molecule has 2 aromatic carbocycles. The van der Waals surface area contributed by atoms with E-state index in [1.165, 1.54) is 21.9 Å². The van der Waals surface area contributed by atoms with E-state index in [4.69, 9.17) is 4.74 Å². The second kappa shape index (κ2) is 4.58. The zero-order valence-corrected chi connectivity index (χ0v) is 14.0. The average Bonchev–Trinajstić information content (AvgIpc) is 2.74. The van der Waals surface area contributed by atoms with Crippen LogP contribution in [0, 0.1) is 10.8 Å². The van der Waals surface area contributed by atoms with Gasteiger partial charge in [0.05, 0.1) is 12.2 Å². The Morgan fingerprint density at radius 1 is 0.714 bits per heavy atom. The van der Waals surface area contributed by atoms with E-state index in [1.807, 2.05) is 0 Å². The minimum absolute atomic E-state index is 0.108. The van der Waals surface area contributed by atoms with E-state index in [-0.39, 0.29) is 23.0 Å². The topological polar surface area (TPSA) is 9.23 Å². The SMILES string of the molecule is CC(C)(C)C1OC(C(C)(C)C)c2cc3ccccc3cc21. The third-order valence-corrected chi connectivity index (χ3v) is 4.36. The lowest BCUT2D eigenvalue weighted by molar-refractivity contribution is -0.0888. The molecule has 2 unspecified atom stereocenters. The van der Waals surface area contributed by atoms with Gasteiger partial charge in [0.15, 0.2) is 0 Å². The van der Waals surface area contributed by atoms with Gasteiger partial charge in [0, 0.05) is 0 Å². The normalized spacial score (nSPS) is 22.6. The average molecular weight is 282 g/mol. The number of hydrogen-bond donors (Lipinski definition) is 0. The van der Waals surface area contributed by atoms with E-state index in [2.05, 4.69) is 77.9 Å². The second-order valence-electron chi connectivity index (χ2n) is 8.46. The lowest BCUT2D eigenvalue weighted by Crippen LogP contribution is -2.22. The van der Waals surface area contributed by atoms with Gasteiger partial charge in [-0.3, -0.25) is 0 Å². The number of benzene rings is 2. The minimum Gasteiger partial charge on any atom is -0.364 e. The number of rotatable bonds is 0. The van der Waals surface area contributed by atoms with Crippen molar-refractivity contribution >= 4 is 10.8 Å². The fourth-order valence-electron chi connectivity index (χ4n) is 3.35. The Morgan fingerprint density at radius 2 is 1.10 bits per heavy atom. The molecule has 1 aliphatic rings. The van der Waals surface area contributed by atoms with Crippen LogP contribution in [0.3, 0.4) is 0 Å². The van der Waals surface area contributed by atoms with Crippen molar-refractivity contribution in [3.8, 4) is 0 Å². The Hall–Kier alpha value is -1.34. The van der Waals surface area contributed by atoms with Crippen LogP contribution in [-0.4, -0.2) is 0 Å². The Kier molecular flexibility index (Phi) is 3.18. The van der Waals surface area contributed by atoms with E-state index in [0.29, 0.717) is 0 Å². The molecule has 3 rings (SSSR count). The quantitative estimate of drug-likeness (QED) is 0.572. The summed E-state index contributed by atoms with van der Waals surface area (Å²) in [6.07, 6.45) is 0.336. The Morgan fingerprint density at radius 3 is 1.43 bits per heavy atom. The molecule has 2 atom stereocenters. The summed E-state index contributed by atoms with van der Waals surface area (Å²) in [7, 11) is 0. The lowest BCUT2D eigenvalue weighted by Gasteiger charge is -2.31. The molecule has 0 spiro atoms. The first-order valence-corrected chi connectivity index (χ1v) is 7.86. The molecule has 0 saturated heterocycles. The highest BCUT2D eigenvalue weighted by Crippen LogP contribution is 2.54. The fourth-order valence-corrected chi connectivity index (χ4v) is 3.35. The van der Waals surface area contributed by atoms with Crippen LogP contribution in [0.15, 0.2) is 36.4 Å². The molecule has 1 heterocycles. The number of fused-ring (bicyclic) bond motifs is 2. The van der Waals surface area contributed by atoms with Crippen LogP contribution in [0.1, 0.15) is 64.9 Å². The first-order chi connectivity index (χ1) is 9.68. The van der Waals surface area contributed by atoms with Crippen LogP contribution in [0.5, 0.6) is 0 Å². The van der Waals surface area contributed by atoms with Crippen molar-refractivity contribution in [1.82, 2.24) is 0 Å². The third kappa shape index (κ3) is 2.48. The Balaban J connectivity index is 2.23. The maximum absolute atomic E-state index is 6.53. The van der Waals surface area contributed by atoms with Crippen LogP contribution in [-0.2, 0) is 4.74 Å². The molecule has 0 amide bonds. The molecule has 0 aliphatic carbocycles.